The lowest BCUT2D eigenvalue weighted by Crippen LogP contribution is -2.15. The molecule has 0 fully saturated rings. The second-order valence-corrected chi connectivity index (χ2v) is 5.76. The minimum absolute atomic E-state index is 0.0702. The summed E-state index contributed by atoms with van der Waals surface area (Å²) in [5.74, 6) is -0.464. The van der Waals surface area contributed by atoms with Gasteiger partial charge in [0.15, 0.2) is 11.2 Å². The average Bonchev–Trinajstić information content (AvgIpc) is 3.26. The first-order chi connectivity index (χ1) is 11.7. The van der Waals surface area contributed by atoms with Gasteiger partial charge >= 0.3 is 6.01 Å². The third-order valence-corrected chi connectivity index (χ3v) is 4.09. The lowest BCUT2D eigenvalue weighted by Gasteiger charge is -2.01. The summed E-state index contributed by atoms with van der Waals surface area (Å²) in [5.41, 5.74) is 0.0340. The predicted octanol–water partition coefficient (Wildman–Crippen LogP) is 3.16. The monoisotopic (exact) mass is 339 g/mol. The van der Waals surface area contributed by atoms with E-state index in [2.05, 4.69) is 15.5 Å². The van der Waals surface area contributed by atoms with Gasteiger partial charge in [0.05, 0.1) is 10.3 Å². The number of fused-ring (bicyclic) bond motifs is 1. The summed E-state index contributed by atoms with van der Waals surface area (Å²) in [6, 6.07) is 11.4. The fourth-order valence-corrected chi connectivity index (χ4v) is 2.79. The molecule has 0 aliphatic heterocycles. The van der Waals surface area contributed by atoms with Crippen molar-refractivity contribution in [3.63, 3.8) is 0 Å². The quantitative estimate of drug-likeness (QED) is 0.615. The van der Waals surface area contributed by atoms with E-state index < -0.39 is 5.91 Å². The highest BCUT2D eigenvalue weighted by Crippen LogP contribution is 2.24. The molecule has 0 bridgehead atoms. The Hall–Kier alpha value is -3.26. The summed E-state index contributed by atoms with van der Waals surface area (Å²) >= 11 is 1.44. The number of carbonyl (C=O) groups is 1. The lowest BCUT2D eigenvalue weighted by atomic mass is 10.2. The maximum absolute atomic E-state index is 12.2. The number of carbonyl (C=O) groups excluding carboxylic acids is 1. The molecule has 0 radical (unpaired) electrons. The van der Waals surface area contributed by atoms with E-state index >= 15 is 0 Å². The van der Waals surface area contributed by atoms with Gasteiger partial charge in [0, 0.05) is 6.07 Å². The Morgan fingerprint density at radius 1 is 1.08 bits per heavy atom. The summed E-state index contributed by atoms with van der Waals surface area (Å²) in [6.07, 6.45) is 0. The van der Waals surface area contributed by atoms with Crippen molar-refractivity contribution in [3.8, 4) is 10.8 Å². The topological polar surface area (TPSA) is 98.2 Å². The number of para-hydroxylation sites is 1. The van der Waals surface area contributed by atoms with Gasteiger partial charge in [-0.25, -0.2) is 0 Å². The molecule has 1 aromatic carbocycles. The van der Waals surface area contributed by atoms with Gasteiger partial charge in [0.2, 0.25) is 0 Å². The molecule has 1 N–H and O–H groups in total. The molecule has 0 saturated carbocycles. The number of hydrogen-bond donors (Lipinski definition) is 1. The highest BCUT2D eigenvalue weighted by molar-refractivity contribution is 7.13. The molecule has 7 nitrogen and oxygen atoms in total. The van der Waals surface area contributed by atoms with E-state index in [9.17, 15) is 9.59 Å². The lowest BCUT2D eigenvalue weighted by molar-refractivity contribution is 0.0994. The van der Waals surface area contributed by atoms with Crippen LogP contribution < -0.4 is 10.7 Å². The number of nitrogens with zero attached hydrogens (tertiary/aromatic N) is 2. The molecule has 0 spiro atoms. The number of thiophene rings is 1. The third kappa shape index (κ3) is 2.59. The largest absolute Gasteiger partial charge is 0.451 e. The van der Waals surface area contributed by atoms with Gasteiger partial charge in [0.25, 0.3) is 11.8 Å². The van der Waals surface area contributed by atoms with E-state index in [1.165, 1.54) is 11.3 Å². The van der Waals surface area contributed by atoms with Crippen molar-refractivity contribution in [2.75, 3.05) is 5.32 Å². The molecular formula is C16H9N3O4S. The van der Waals surface area contributed by atoms with Crippen LogP contribution in [-0.2, 0) is 0 Å². The van der Waals surface area contributed by atoms with Crippen LogP contribution in [0.2, 0.25) is 0 Å². The van der Waals surface area contributed by atoms with Crippen LogP contribution >= 0.6 is 11.3 Å². The Kier molecular flexibility index (Phi) is 3.43. The average molecular weight is 339 g/mol. The predicted molar refractivity (Wildman–Crippen MR) is 88.0 cm³/mol. The Morgan fingerprint density at radius 2 is 1.96 bits per heavy atom. The van der Waals surface area contributed by atoms with Gasteiger partial charge in [0.1, 0.15) is 5.58 Å². The molecule has 118 valence electrons. The number of rotatable bonds is 3. The maximum Gasteiger partial charge on any atom is 0.322 e. The Bertz CT molecular complexity index is 1080. The Morgan fingerprint density at radius 3 is 2.79 bits per heavy atom. The third-order valence-electron chi connectivity index (χ3n) is 3.24. The van der Waals surface area contributed by atoms with Gasteiger partial charge in [-0.05, 0) is 23.6 Å². The second-order valence-electron chi connectivity index (χ2n) is 4.81. The standard InChI is InChI=1S/C16H9N3O4S/c20-10-8-12(22-11-5-2-1-4-9(10)11)14(21)17-16-19-18-15(23-16)13-6-3-7-24-13/h1-8H,(H,17,19,21). The number of benzene rings is 1. The van der Waals surface area contributed by atoms with Crippen LogP contribution in [-0.4, -0.2) is 16.1 Å². The molecule has 3 aromatic heterocycles. The summed E-state index contributed by atoms with van der Waals surface area (Å²) in [6.45, 7) is 0. The van der Waals surface area contributed by atoms with Crippen molar-refractivity contribution in [1.82, 2.24) is 10.2 Å². The fraction of sp³-hybridized carbons (Fsp3) is 0. The van der Waals surface area contributed by atoms with Crippen molar-refractivity contribution in [1.29, 1.82) is 0 Å². The molecule has 4 aromatic rings. The molecule has 3 heterocycles. The number of anilines is 1. The number of hydrogen-bond acceptors (Lipinski definition) is 7. The smallest absolute Gasteiger partial charge is 0.322 e. The van der Waals surface area contributed by atoms with Crippen molar-refractivity contribution < 1.29 is 13.6 Å². The molecule has 0 aliphatic rings. The van der Waals surface area contributed by atoms with Gasteiger partial charge in [-0.2, -0.15) is 0 Å². The van der Waals surface area contributed by atoms with Gasteiger partial charge < -0.3 is 8.83 Å². The first kappa shape index (κ1) is 14.3. The first-order valence-electron chi connectivity index (χ1n) is 6.92. The van der Waals surface area contributed by atoms with Crippen LogP contribution in [0.3, 0.4) is 0 Å². The number of nitrogens with one attached hydrogen (secondary N) is 1. The van der Waals surface area contributed by atoms with E-state index in [0.29, 0.717) is 16.9 Å². The summed E-state index contributed by atoms with van der Waals surface area (Å²) in [4.78, 5) is 25.1. The highest BCUT2D eigenvalue weighted by atomic mass is 32.1. The van der Waals surface area contributed by atoms with Gasteiger partial charge in [-0.3, -0.25) is 14.9 Å². The van der Waals surface area contributed by atoms with Crippen molar-refractivity contribution >= 4 is 34.2 Å². The fourth-order valence-electron chi connectivity index (χ4n) is 2.15. The van der Waals surface area contributed by atoms with Gasteiger partial charge in [-0.15, -0.1) is 16.4 Å². The first-order valence-corrected chi connectivity index (χ1v) is 7.80. The molecule has 0 aliphatic carbocycles. The van der Waals surface area contributed by atoms with Crippen molar-refractivity contribution in [2.24, 2.45) is 0 Å². The van der Waals surface area contributed by atoms with Crippen molar-refractivity contribution in [3.05, 3.63) is 63.8 Å². The SMILES string of the molecule is O=C(Nc1nnc(-c2cccs2)o1)c1cc(=O)c2ccccc2o1. The zero-order chi connectivity index (χ0) is 16.5. The van der Waals surface area contributed by atoms with Crippen molar-refractivity contribution in [2.45, 2.75) is 0 Å². The van der Waals surface area contributed by atoms with E-state index in [-0.39, 0.29) is 17.2 Å². The van der Waals surface area contributed by atoms with Crippen LogP contribution in [0.25, 0.3) is 21.7 Å². The van der Waals surface area contributed by atoms with E-state index in [0.717, 1.165) is 10.9 Å². The molecule has 0 unspecified atom stereocenters. The van der Waals surface area contributed by atoms with Crippen LogP contribution in [0.1, 0.15) is 10.6 Å². The molecular weight excluding hydrogens is 330 g/mol. The van der Waals surface area contributed by atoms with E-state index in [1.54, 1.807) is 24.3 Å². The molecule has 0 saturated heterocycles. The Labute approximate surface area is 138 Å². The normalized spacial score (nSPS) is 10.8. The summed E-state index contributed by atoms with van der Waals surface area (Å²) in [5, 5.41) is 12.3. The zero-order valence-electron chi connectivity index (χ0n) is 12.1. The molecule has 8 heteroatoms. The van der Waals surface area contributed by atoms with E-state index in [1.807, 2.05) is 17.5 Å². The maximum atomic E-state index is 12.2. The molecule has 24 heavy (non-hydrogen) atoms. The highest BCUT2D eigenvalue weighted by Gasteiger charge is 2.16. The minimum atomic E-state index is -0.640. The Balaban J connectivity index is 1.62. The summed E-state index contributed by atoms with van der Waals surface area (Å²) in [7, 11) is 0. The molecule has 1 amide bonds. The summed E-state index contributed by atoms with van der Waals surface area (Å²) < 4.78 is 10.8. The minimum Gasteiger partial charge on any atom is -0.451 e. The number of aromatic nitrogens is 2. The van der Waals surface area contributed by atoms with Gasteiger partial charge in [-0.1, -0.05) is 23.3 Å². The van der Waals surface area contributed by atoms with E-state index in [4.69, 9.17) is 8.83 Å². The molecule has 0 atom stereocenters. The van der Waals surface area contributed by atoms with Crippen LogP contribution in [0.4, 0.5) is 6.01 Å². The van der Waals surface area contributed by atoms with Crippen LogP contribution in [0, 0.1) is 0 Å². The second kappa shape index (κ2) is 5.74. The van der Waals surface area contributed by atoms with Crippen LogP contribution in [0.15, 0.2) is 61.5 Å². The molecule has 4 rings (SSSR count). The van der Waals surface area contributed by atoms with Crippen LogP contribution in [0.5, 0.6) is 0 Å². The number of amides is 1. The zero-order valence-corrected chi connectivity index (χ0v) is 12.9.